The summed E-state index contributed by atoms with van der Waals surface area (Å²) >= 11 is 5.77. The number of benzene rings is 1. The molecule has 6 heteroatoms. The van der Waals surface area contributed by atoms with E-state index in [2.05, 4.69) is 0 Å². The lowest BCUT2D eigenvalue weighted by Gasteiger charge is -2.36. The minimum Gasteiger partial charge on any atom is -0.374 e. The van der Waals surface area contributed by atoms with Gasteiger partial charge >= 0.3 is 0 Å². The van der Waals surface area contributed by atoms with Crippen molar-refractivity contribution in [3.8, 4) is 0 Å². The molecular weight excluding hydrogens is 286 g/mol. The van der Waals surface area contributed by atoms with E-state index in [0.29, 0.717) is 23.9 Å². The van der Waals surface area contributed by atoms with Crippen molar-refractivity contribution in [1.29, 1.82) is 0 Å². The second-order valence-corrected chi connectivity index (χ2v) is 6.97. The average Bonchev–Trinajstić information content (AvgIpc) is 2.39. The molecule has 0 spiro atoms. The Morgan fingerprint density at radius 1 is 1.42 bits per heavy atom. The zero-order valence-corrected chi connectivity index (χ0v) is 12.6. The van der Waals surface area contributed by atoms with E-state index in [1.54, 1.807) is 25.1 Å². The molecule has 2 unspecified atom stereocenters. The van der Waals surface area contributed by atoms with E-state index in [1.807, 2.05) is 13.0 Å². The maximum absolute atomic E-state index is 12.7. The molecule has 0 bridgehead atoms. The predicted molar refractivity (Wildman–Crippen MR) is 75.0 cm³/mol. The van der Waals surface area contributed by atoms with Crippen molar-refractivity contribution >= 4 is 21.6 Å². The molecule has 0 N–H and O–H groups in total. The number of nitrogens with zero attached hydrogens (tertiary/aromatic N) is 1. The molecule has 2 atom stereocenters. The van der Waals surface area contributed by atoms with Crippen molar-refractivity contribution in [2.45, 2.75) is 30.9 Å². The molecule has 2 rings (SSSR count). The van der Waals surface area contributed by atoms with E-state index in [-0.39, 0.29) is 12.1 Å². The van der Waals surface area contributed by atoms with Crippen molar-refractivity contribution in [3.05, 3.63) is 29.8 Å². The molecule has 19 heavy (non-hydrogen) atoms. The molecule has 106 valence electrons. The molecule has 0 radical (unpaired) electrons. The van der Waals surface area contributed by atoms with E-state index in [4.69, 9.17) is 16.3 Å². The number of aryl methyl sites for hydroxylation is 1. The number of rotatable bonds is 3. The highest BCUT2D eigenvalue weighted by atomic mass is 35.5. The molecular formula is C13H18ClNO3S. The zero-order chi connectivity index (χ0) is 14.0. The Bertz CT molecular complexity index is 547. The second kappa shape index (κ2) is 5.79. The van der Waals surface area contributed by atoms with E-state index in [0.717, 1.165) is 5.56 Å². The fourth-order valence-corrected chi connectivity index (χ4v) is 4.25. The molecule has 1 heterocycles. The van der Waals surface area contributed by atoms with Crippen LogP contribution in [0.5, 0.6) is 0 Å². The summed E-state index contributed by atoms with van der Waals surface area (Å²) in [5.41, 5.74) is 0.753. The third-order valence-electron chi connectivity index (χ3n) is 3.30. The second-order valence-electron chi connectivity index (χ2n) is 4.80. The molecule has 1 aliphatic rings. The summed E-state index contributed by atoms with van der Waals surface area (Å²) < 4.78 is 32.4. The normalized spacial score (nSPS) is 25.4. The highest BCUT2D eigenvalue weighted by molar-refractivity contribution is 7.89. The number of alkyl halides is 1. The lowest BCUT2D eigenvalue weighted by atomic mass is 10.2. The Labute approximate surface area is 119 Å². The van der Waals surface area contributed by atoms with Gasteiger partial charge < -0.3 is 4.74 Å². The van der Waals surface area contributed by atoms with Gasteiger partial charge in [-0.15, -0.1) is 11.6 Å². The monoisotopic (exact) mass is 303 g/mol. The lowest BCUT2D eigenvalue weighted by molar-refractivity contribution is -0.0152. The molecule has 1 saturated heterocycles. The maximum atomic E-state index is 12.7. The SMILES string of the molecule is Cc1ccccc1S(=O)(=O)N1CC(CCl)OCC1C. The minimum absolute atomic E-state index is 0.177. The van der Waals surface area contributed by atoms with Gasteiger partial charge in [-0.2, -0.15) is 4.31 Å². The molecule has 1 aromatic rings. The van der Waals surface area contributed by atoms with Crippen molar-refractivity contribution in [3.63, 3.8) is 0 Å². The van der Waals surface area contributed by atoms with Gasteiger partial charge in [0, 0.05) is 18.5 Å². The van der Waals surface area contributed by atoms with Crippen LogP contribution in [0.25, 0.3) is 0 Å². The summed E-state index contributed by atoms with van der Waals surface area (Å²) in [6.07, 6.45) is -0.239. The topological polar surface area (TPSA) is 46.6 Å². The van der Waals surface area contributed by atoms with Crippen LogP contribution in [0, 0.1) is 6.92 Å². The first-order valence-electron chi connectivity index (χ1n) is 6.22. The number of ether oxygens (including phenoxy) is 1. The van der Waals surface area contributed by atoms with Gasteiger partial charge in [0.25, 0.3) is 0 Å². The van der Waals surface area contributed by atoms with Crippen molar-refractivity contribution in [1.82, 2.24) is 4.31 Å². The first-order chi connectivity index (χ1) is 8.96. The lowest BCUT2D eigenvalue weighted by Crippen LogP contribution is -2.51. The summed E-state index contributed by atoms with van der Waals surface area (Å²) in [5, 5.41) is 0. The average molecular weight is 304 g/mol. The quantitative estimate of drug-likeness (QED) is 0.803. The summed E-state index contributed by atoms with van der Waals surface area (Å²) in [7, 11) is -3.49. The smallest absolute Gasteiger partial charge is 0.243 e. The van der Waals surface area contributed by atoms with Crippen molar-refractivity contribution < 1.29 is 13.2 Å². The van der Waals surface area contributed by atoms with Crippen LogP contribution in [0.4, 0.5) is 0 Å². The Kier molecular flexibility index (Phi) is 4.50. The van der Waals surface area contributed by atoms with Crippen LogP contribution < -0.4 is 0 Å². The third-order valence-corrected chi connectivity index (χ3v) is 5.79. The van der Waals surface area contributed by atoms with E-state index < -0.39 is 10.0 Å². The van der Waals surface area contributed by atoms with Crippen molar-refractivity contribution in [2.75, 3.05) is 19.0 Å². The van der Waals surface area contributed by atoms with Crippen LogP contribution in [0.15, 0.2) is 29.2 Å². The highest BCUT2D eigenvalue weighted by Crippen LogP contribution is 2.24. The first kappa shape index (κ1) is 14.8. The number of halogens is 1. The van der Waals surface area contributed by atoms with Gasteiger partial charge in [-0.3, -0.25) is 0 Å². The summed E-state index contributed by atoms with van der Waals surface area (Å²) in [4.78, 5) is 0.358. The zero-order valence-electron chi connectivity index (χ0n) is 11.0. The maximum Gasteiger partial charge on any atom is 0.243 e. The van der Waals surface area contributed by atoms with Gasteiger partial charge in [0.05, 0.1) is 17.6 Å². The molecule has 0 amide bonds. The molecule has 0 saturated carbocycles. The standard InChI is InChI=1S/C13H18ClNO3S/c1-10-5-3-4-6-13(10)19(16,17)15-8-12(7-14)18-9-11(15)2/h3-6,11-12H,7-9H2,1-2H3. The van der Waals surface area contributed by atoms with E-state index in [1.165, 1.54) is 4.31 Å². The van der Waals surface area contributed by atoms with Crippen LogP contribution in [0.2, 0.25) is 0 Å². The van der Waals surface area contributed by atoms with E-state index >= 15 is 0 Å². The Morgan fingerprint density at radius 2 is 2.11 bits per heavy atom. The Morgan fingerprint density at radius 3 is 2.74 bits per heavy atom. The van der Waals surface area contributed by atoms with Gasteiger partial charge in [-0.25, -0.2) is 8.42 Å². The van der Waals surface area contributed by atoms with Gasteiger partial charge in [0.2, 0.25) is 10.0 Å². The molecule has 4 nitrogen and oxygen atoms in total. The van der Waals surface area contributed by atoms with Gasteiger partial charge in [-0.05, 0) is 25.5 Å². The molecule has 1 aromatic carbocycles. The Balaban J connectivity index is 2.36. The van der Waals surface area contributed by atoms with Crippen LogP contribution in [-0.4, -0.2) is 43.9 Å². The number of sulfonamides is 1. The van der Waals surface area contributed by atoms with Crippen LogP contribution >= 0.6 is 11.6 Å². The van der Waals surface area contributed by atoms with Crippen LogP contribution in [0.3, 0.4) is 0 Å². The fourth-order valence-electron chi connectivity index (χ4n) is 2.19. The minimum atomic E-state index is -3.49. The van der Waals surface area contributed by atoms with Gasteiger partial charge in [0.15, 0.2) is 0 Å². The Hall–Kier alpha value is -0.620. The number of hydrogen-bond acceptors (Lipinski definition) is 3. The largest absolute Gasteiger partial charge is 0.374 e. The number of hydrogen-bond donors (Lipinski definition) is 0. The summed E-state index contributed by atoms with van der Waals surface area (Å²) in [5.74, 6) is 0.298. The summed E-state index contributed by atoms with van der Waals surface area (Å²) in [6.45, 7) is 4.33. The van der Waals surface area contributed by atoms with E-state index in [9.17, 15) is 8.42 Å². The third kappa shape index (κ3) is 2.94. The molecule has 1 aliphatic heterocycles. The van der Waals surface area contributed by atoms with Crippen LogP contribution in [0.1, 0.15) is 12.5 Å². The van der Waals surface area contributed by atoms with Gasteiger partial charge in [0.1, 0.15) is 0 Å². The number of morpholine rings is 1. The first-order valence-corrected chi connectivity index (χ1v) is 8.19. The molecule has 0 aliphatic carbocycles. The fraction of sp³-hybridized carbons (Fsp3) is 0.538. The molecule has 0 aromatic heterocycles. The summed E-state index contributed by atoms with van der Waals surface area (Å²) in [6, 6.07) is 6.84. The van der Waals surface area contributed by atoms with Crippen LogP contribution in [-0.2, 0) is 14.8 Å². The van der Waals surface area contributed by atoms with Gasteiger partial charge in [-0.1, -0.05) is 18.2 Å². The highest BCUT2D eigenvalue weighted by Gasteiger charge is 2.35. The molecule has 1 fully saturated rings. The predicted octanol–water partition coefficient (Wildman–Crippen LogP) is 2.01. The van der Waals surface area contributed by atoms with Crippen molar-refractivity contribution in [2.24, 2.45) is 0 Å².